The first kappa shape index (κ1) is 58.6. The maximum Gasteiger partial charge on any atom is 0.306 e. The standard InChI is InChI=1S/C50H82NO10P/c1-6-8-10-11-12-13-14-15-16-17-18-19-20-21-22-23-27-30-34-40-50(55)61-48(45-60-62(56,57)59-43-42-51(3,4)5)44-58-49(54)41-35-39-47(53)38-33-29-26-24-25-28-32-37-46(52)36-31-9-7-2/h12-13,15-16,18-19,21-22,25-30,32-33,37-38,46-48,52-53H,6-11,14,17,20,23-24,31,34-36,39-45H2,1-5H3/b13-12-,16-15-,19-18-,22-21-,28-25-,29-26-,30-27-,37-32+,38-33+/t46-,47-,48+/m0/s1. The van der Waals surface area contributed by atoms with Crippen LogP contribution in [0.4, 0.5) is 0 Å². The zero-order chi connectivity index (χ0) is 46.0. The lowest BCUT2D eigenvalue weighted by atomic mass is 10.1. The molecule has 4 atom stereocenters. The van der Waals surface area contributed by atoms with Crippen LogP contribution < -0.4 is 4.89 Å². The Bertz CT molecular complexity index is 1450. The first-order valence-electron chi connectivity index (χ1n) is 22.8. The number of phosphoric ester groups is 1. The van der Waals surface area contributed by atoms with Gasteiger partial charge in [0, 0.05) is 12.8 Å². The van der Waals surface area contributed by atoms with E-state index in [1.54, 1.807) is 18.2 Å². The lowest BCUT2D eigenvalue weighted by Crippen LogP contribution is -2.37. The highest BCUT2D eigenvalue weighted by molar-refractivity contribution is 7.45. The first-order chi connectivity index (χ1) is 29.8. The second-order valence-corrected chi connectivity index (χ2v) is 17.5. The number of hydrogen-bond donors (Lipinski definition) is 2. The average Bonchev–Trinajstić information content (AvgIpc) is 3.21. The van der Waals surface area contributed by atoms with E-state index in [2.05, 4.69) is 62.5 Å². The Morgan fingerprint density at radius 3 is 1.65 bits per heavy atom. The van der Waals surface area contributed by atoms with Gasteiger partial charge in [-0.25, -0.2) is 0 Å². The molecule has 0 aliphatic heterocycles. The second-order valence-electron chi connectivity index (χ2n) is 16.1. The molecule has 0 aromatic rings. The van der Waals surface area contributed by atoms with E-state index in [-0.39, 0.29) is 19.4 Å². The molecule has 1 unspecified atom stereocenters. The van der Waals surface area contributed by atoms with E-state index in [0.717, 1.165) is 57.8 Å². The summed E-state index contributed by atoms with van der Waals surface area (Å²) in [5.74, 6) is -1.17. The van der Waals surface area contributed by atoms with Crippen molar-refractivity contribution in [3.05, 3.63) is 109 Å². The van der Waals surface area contributed by atoms with Crippen molar-refractivity contribution in [2.45, 2.75) is 148 Å². The number of ether oxygens (including phenoxy) is 2. The summed E-state index contributed by atoms with van der Waals surface area (Å²) in [4.78, 5) is 37.6. The molecule has 0 heterocycles. The Kier molecular flexibility index (Phi) is 38.1. The second kappa shape index (κ2) is 40.4. The molecule has 0 aromatic carbocycles. The molecule has 0 spiro atoms. The van der Waals surface area contributed by atoms with Crippen LogP contribution >= 0.6 is 7.82 Å². The minimum absolute atomic E-state index is 0.00627. The summed E-state index contributed by atoms with van der Waals surface area (Å²) in [6, 6.07) is 0. The zero-order valence-corrected chi connectivity index (χ0v) is 39.6. The number of rotatable bonds is 39. The fourth-order valence-electron chi connectivity index (χ4n) is 5.32. The molecule has 0 amide bonds. The van der Waals surface area contributed by atoms with Crippen molar-refractivity contribution in [3.8, 4) is 0 Å². The molecular weight excluding hydrogens is 806 g/mol. The first-order valence-corrected chi connectivity index (χ1v) is 24.3. The van der Waals surface area contributed by atoms with Crippen molar-refractivity contribution in [2.24, 2.45) is 0 Å². The monoisotopic (exact) mass is 888 g/mol. The van der Waals surface area contributed by atoms with Crippen LogP contribution in [0.15, 0.2) is 109 Å². The Labute approximate surface area is 375 Å². The van der Waals surface area contributed by atoms with Gasteiger partial charge in [-0.2, -0.15) is 0 Å². The average molecular weight is 888 g/mol. The van der Waals surface area contributed by atoms with Crippen LogP contribution in [0.1, 0.15) is 129 Å². The van der Waals surface area contributed by atoms with Crippen LogP contribution in [0, 0.1) is 0 Å². The van der Waals surface area contributed by atoms with Crippen LogP contribution in [0.3, 0.4) is 0 Å². The molecule has 0 saturated carbocycles. The molecule has 0 bridgehead atoms. The van der Waals surface area contributed by atoms with Gasteiger partial charge in [0.25, 0.3) is 7.82 Å². The van der Waals surface area contributed by atoms with E-state index in [1.165, 1.54) is 19.3 Å². The molecule has 0 radical (unpaired) electrons. The van der Waals surface area contributed by atoms with E-state index < -0.39 is 51.3 Å². The number of carbonyl (C=O) groups is 2. The maximum absolute atomic E-state index is 12.7. The third-order valence-corrected chi connectivity index (χ3v) is 9.95. The van der Waals surface area contributed by atoms with Crippen LogP contribution in [-0.2, 0) is 32.7 Å². The number of quaternary nitrogens is 1. The van der Waals surface area contributed by atoms with Crippen molar-refractivity contribution < 1.29 is 52.3 Å². The van der Waals surface area contributed by atoms with Crippen molar-refractivity contribution in [1.82, 2.24) is 0 Å². The Hall–Kier alpha value is -3.41. The van der Waals surface area contributed by atoms with Crippen LogP contribution in [0.2, 0.25) is 0 Å². The highest BCUT2D eigenvalue weighted by atomic mass is 31.2. The Balaban J connectivity index is 4.72. The summed E-state index contributed by atoms with van der Waals surface area (Å²) in [6.45, 7) is 3.72. The minimum atomic E-state index is -4.71. The number of esters is 2. The van der Waals surface area contributed by atoms with Crippen LogP contribution in [-0.4, -0.2) is 92.5 Å². The summed E-state index contributed by atoms with van der Waals surface area (Å²) in [5.41, 5.74) is 0. The molecule has 11 nitrogen and oxygen atoms in total. The molecule has 12 heteroatoms. The Morgan fingerprint density at radius 2 is 1.10 bits per heavy atom. The summed E-state index contributed by atoms with van der Waals surface area (Å²) in [7, 11) is 0.973. The number of phosphoric acid groups is 1. The number of unbranched alkanes of at least 4 members (excludes halogenated alkanes) is 5. The lowest BCUT2D eigenvalue weighted by Gasteiger charge is -2.28. The third-order valence-electron chi connectivity index (χ3n) is 8.99. The van der Waals surface area contributed by atoms with Crippen LogP contribution in [0.25, 0.3) is 0 Å². The number of carbonyl (C=O) groups excluding carboxylic acids is 2. The zero-order valence-electron chi connectivity index (χ0n) is 38.7. The van der Waals surface area contributed by atoms with Crippen molar-refractivity contribution in [2.75, 3.05) is 47.5 Å². The molecule has 0 aromatic heterocycles. The van der Waals surface area contributed by atoms with E-state index in [9.17, 15) is 29.3 Å². The fraction of sp³-hybridized carbons (Fsp3) is 0.600. The fourth-order valence-corrected chi connectivity index (χ4v) is 6.05. The third kappa shape index (κ3) is 43.2. The quantitative estimate of drug-likeness (QED) is 0.0152. The van der Waals surface area contributed by atoms with E-state index in [1.807, 2.05) is 63.7 Å². The van der Waals surface area contributed by atoms with Crippen LogP contribution in [0.5, 0.6) is 0 Å². The molecule has 2 N–H and O–H groups in total. The topological polar surface area (TPSA) is 152 Å². The summed E-state index contributed by atoms with van der Waals surface area (Å²) < 4.78 is 33.6. The molecule has 0 rings (SSSR count). The van der Waals surface area contributed by atoms with Gasteiger partial charge in [-0.1, -0.05) is 155 Å². The highest BCUT2D eigenvalue weighted by Crippen LogP contribution is 2.38. The number of allylic oxidation sites excluding steroid dienone is 16. The van der Waals surface area contributed by atoms with Crippen molar-refractivity contribution in [1.29, 1.82) is 0 Å². The minimum Gasteiger partial charge on any atom is -0.756 e. The molecule has 0 aliphatic carbocycles. The number of hydrogen-bond acceptors (Lipinski definition) is 10. The van der Waals surface area contributed by atoms with Gasteiger partial charge in [-0.15, -0.1) is 0 Å². The number of aliphatic hydroxyl groups is 2. The maximum atomic E-state index is 12.7. The lowest BCUT2D eigenvalue weighted by molar-refractivity contribution is -0.870. The largest absolute Gasteiger partial charge is 0.756 e. The van der Waals surface area contributed by atoms with Gasteiger partial charge in [0.2, 0.25) is 0 Å². The van der Waals surface area contributed by atoms with Gasteiger partial charge in [-0.05, 0) is 70.6 Å². The smallest absolute Gasteiger partial charge is 0.306 e. The number of likely N-dealkylation sites (N-methyl/N-ethyl adjacent to an activating group) is 1. The van der Waals surface area contributed by atoms with E-state index in [0.29, 0.717) is 36.7 Å². The van der Waals surface area contributed by atoms with Gasteiger partial charge in [0.05, 0.1) is 40.0 Å². The molecule has 0 fully saturated rings. The van der Waals surface area contributed by atoms with Crippen molar-refractivity contribution in [3.63, 3.8) is 0 Å². The Morgan fingerprint density at radius 1 is 0.597 bits per heavy atom. The molecule has 0 saturated heterocycles. The highest BCUT2D eigenvalue weighted by Gasteiger charge is 2.21. The summed E-state index contributed by atoms with van der Waals surface area (Å²) in [6.07, 6.45) is 47.8. The van der Waals surface area contributed by atoms with E-state index in [4.69, 9.17) is 18.5 Å². The predicted octanol–water partition coefficient (Wildman–Crippen LogP) is 10.4. The number of nitrogens with zero attached hydrogens (tertiary/aromatic N) is 1. The van der Waals surface area contributed by atoms with Gasteiger partial charge in [-0.3, -0.25) is 14.2 Å². The molecule has 62 heavy (non-hydrogen) atoms. The molecule has 352 valence electrons. The predicted molar refractivity (Wildman–Crippen MR) is 252 cm³/mol. The number of aliphatic hydroxyl groups excluding tert-OH is 2. The summed E-state index contributed by atoms with van der Waals surface area (Å²) >= 11 is 0. The molecular formula is C50H82NO10P. The van der Waals surface area contributed by atoms with E-state index >= 15 is 0 Å². The van der Waals surface area contributed by atoms with Gasteiger partial charge >= 0.3 is 11.9 Å². The summed E-state index contributed by atoms with van der Waals surface area (Å²) in [5, 5.41) is 20.2. The normalized spacial score (nSPS) is 15.5. The van der Waals surface area contributed by atoms with Gasteiger partial charge in [0.1, 0.15) is 19.8 Å². The van der Waals surface area contributed by atoms with Gasteiger partial charge < -0.3 is 38.1 Å². The van der Waals surface area contributed by atoms with Gasteiger partial charge in [0.15, 0.2) is 6.10 Å². The van der Waals surface area contributed by atoms with Crippen molar-refractivity contribution >= 4 is 19.8 Å². The SMILES string of the molecule is CCCCC/C=C\C/C=C\C/C=C\C/C=C\C/C=C\CCC(=O)O[C@H](COC(=O)CCC[C@@H](O)/C=C/C=C\C/C=C\C=C\[C@@H](O)CCCCC)COP(=O)([O-])OCC[N+](C)(C)C. The molecule has 0 aliphatic rings.